The van der Waals surface area contributed by atoms with Crippen molar-refractivity contribution in [3.8, 4) is 0 Å². The molecule has 0 aliphatic heterocycles. The molecule has 0 atom stereocenters. The Bertz CT molecular complexity index is 2340. The van der Waals surface area contributed by atoms with E-state index in [-0.39, 0.29) is 52.4 Å². The molecule has 0 bridgehead atoms. The van der Waals surface area contributed by atoms with Crippen molar-refractivity contribution >= 4 is 34.9 Å². The van der Waals surface area contributed by atoms with Crippen molar-refractivity contribution in [2.24, 2.45) is 11.8 Å². The largest absolute Gasteiger partial charge is 0.472 e. The molecule has 0 aliphatic carbocycles. The summed E-state index contributed by atoms with van der Waals surface area (Å²) in [6.45, 7) is 37.9. The van der Waals surface area contributed by atoms with Gasteiger partial charge in [0.15, 0.2) is 11.3 Å². The van der Waals surface area contributed by atoms with Crippen molar-refractivity contribution in [3.63, 3.8) is 0 Å². The minimum Gasteiger partial charge on any atom is -0.472 e. The molecule has 0 saturated heterocycles. The van der Waals surface area contributed by atoms with Gasteiger partial charge in [0, 0.05) is 71.1 Å². The predicted molar refractivity (Wildman–Crippen MR) is 279 cm³/mol. The van der Waals surface area contributed by atoms with E-state index in [0.717, 1.165) is 17.1 Å². The topological polar surface area (TPSA) is 261 Å². The van der Waals surface area contributed by atoms with E-state index >= 15 is 0 Å². The summed E-state index contributed by atoms with van der Waals surface area (Å²) in [6, 6.07) is 3.61. The van der Waals surface area contributed by atoms with Gasteiger partial charge in [-0.1, -0.05) is 116 Å². The molecule has 0 fully saturated rings. The number of aromatic amines is 3. The summed E-state index contributed by atoms with van der Waals surface area (Å²) < 4.78 is 22.5. The van der Waals surface area contributed by atoms with E-state index in [1.54, 1.807) is 44.1 Å². The maximum Gasteiger partial charge on any atom is 0.438 e. The van der Waals surface area contributed by atoms with Crippen LogP contribution in [0.4, 0.5) is 0 Å². The van der Waals surface area contributed by atoms with Gasteiger partial charge in [-0.15, -0.1) is 0 Å². The highest BCUT2D eigenvalue weighted by molar-refractivity contribution is 7.05. The Morgan fingerprint density at radius 1 is 0.667 bits per heavy atom. The van der Waals surface area contributed by atoms with Crippen molar-refractivity contribution in [2.75, 3.05) is 14.1 Å². The highest BCUT2D eigenvalue weighted by atomic mass is 32.1. The Balaban J connectivity index is 0. The van der Waals surface area contributed by atoms with Crippen LogP contribution in [0.1, 0.15) is 197 Å². The van der Waals surface area contributed by atoms with E-state index in [2.05, 4.69) is 114 Å². The number of hydrogen-bond acceptors (Lipinski definition) is 15. The monoisotopic (exact) mass is 1000 g/mol. The number of H-pyrrole nitrogens is 3. The highest BCUT2D eigenvalue weighted by Crippen LogP contribution is 2.19. The van der Waals surface area contributed by atoms with Gasteiger partial charge in [0.2, 0.25) is 11.8 Å². The van der Waals surface area contributed by atoms with Gasteiger partial charge in [-0.25, -0.2) is 9.78 Å². The van der Waals surface area contributed by atoms with Gasteiger partial charge >= 0.3 is 5.76 Å². The van der Waals surface area contributed by atoms with Crippen LogP contribution in [0, 0.1) is 32.6 Å². The maximum absolute atomic E-state index is 11.4. The standard InChI is InChI=1S/C9H12O2.2C7H11NS.C6H9NO2.C5H9N3.C5H8N2O2.2C5H11NO/c1-6(2)8-5-11-4-7(3)9(8)10;1-5(2)7-6(3)4-9-8-7;1-5(2)7-4-6(3)8-9-7;1-4(2)5-3-6(8)7-9-5;1-4(2)5-6-3-7-8-5;1-3(2)4-6-5(8)9-7-4;2*1-4(2)5(7)6-3/h4-6H,1-3H3;2*4-5H,1-3H3;3-4H,1-2H3,(H,7,8);3-4H,1-2H3,(H,6,7,8);3H,1-2H3,(H,6,7,8);2*4H,1-3H3,(H,6,7). The second kappa shape index (κ2) is 35.4. The Kier molecular flexibility index (Phi) is 33.5. The first kappa shape index (κ1) is 65.3. The average molecular weight is 1000 g/mol. The fourth-order valence-electron chi connectivity index (χ4n) is 4.60. The zero-order valence-corrected chi connectivity index (χ0v) is 46.5. The second-order valence-electron chi connectivity index (χ2n) is 18.0. The fraction of sp³-hybridized carbons (Fsp3) is 0.592. The molecule has 0 aliphatic rings. The van der Waals surface area contributed by atoms with Crippen LogP contribution in [0.3, 0.4) is 0 Å². The lowest BCUT2D eigenvalue weighted by Gasteiger charge is -2.02. The first-order valence-corrected chi connectivity index (χ1v) is 24.7. The highest BCUT2D eigenvalue weighted by Gasteiger charge is 2.08. The first-order chi connectivity index (χ1) is 32.1. The minimum atomic E-state index is -0.487. The lowest BCUT2D eigenvalue weighted by atomic mass is 10.0. The van der Waals surface area contributed by atoms with Gasteiger partial charge in [0.1, 0.15) is 17.9 Å². The van der Waals surface area contributed by atoms with Crippen molar-refractivity contribution in [3.05, 3.63) is 118 Å². The Morgan fingerprint density at radius 2 is 1.23 bits per heavy atom. The molecule has 6 aromatic heterocycles. The van der Waals surface area contributed by atoms with E-state index in [1.165, 1.54) is 41.1 Å². The molecule has 6 heterocycles. The van der Waals surface area contributed by atoms with Gasteiger partial charge in [0.05, 0.1) is 23.9 Å². The summed E-state index contributed by atoms with van der Waals surface area (Å²) in [6.07, 6.45) is 4.53. The number of nitrogens with zero attached hydrogens (tertiary/aromatic N) is 5. The van der Waals surface area contributed by atoms with Gasteiger partial charge in [-0.05, 0) is 73.2 Å². The van der Waals surface area contributed by atoms with Crippen LogP contribution in [0.2, 0.25) is 0 Å². The van der Waals surface area contributed by atoms with Crippen LogP contribution >= 0.6 is 23.1 Å². The van der Waals surface area contributed by atoms with Gasteiger partial charge in [-0.3, -0.25) is 33.8 Å². The van der Waals surface area contributed by atoms with E-state index < -0.39 is 5.76 Å². The van der Waals surface area contributed by atoms with Crippen LogP contribution in [-0.4, -0.2) is 65.1 Å². The van der Waals surface area contributed by atoms with Crippen LogP contribution in [0.25, 0.3) is 0 Å². The molecule has 0 saturated carbocycles. The summed E-state index contributed by atoms with van der Waals surface area (Å²) in [7, 11) is 3.28. The number of amides is 2. The molecule has 388 valence electrons. The van der Waals surface area contributed by atoms with Crippen LogP contribution in [0.5, 0.6) is 0 Å². The van der Waals surface area contributed by atoms with E-state index in [0.29, 0.717) is 34.9 Å². The molecule has 0 spiro atoms. The predicted octanol–water partition coefficient (Wildman–Crippen LogP) is 10.5. The number of rotatable bonds is 8. The number of aromatic nitrogens is 8. The summed E-state index contributed by atoms with van der Waals surface area (Å²) in [5, 5.41) is 19.3. The molecule has 18 nitrogen and oxygen atoms in total. The SMILES string of the molecule is CC(C)c1cc(=O)[nH]o1.CC(C)c1ncn[nH]1.CC(C)c1noc(=O)[nH]1.CNC(=O)C(C)C.CNC(=O)C(C)C.Cc1cc(C(C)C)sn1.Cc1cocc(C(C)C)c1=O.Cc1csnc1C(C)C. The quantitative estimate of drug-likeness (QED) is 0.0951. The molecule has 6 aromatic rings. The smallest absolute Gasteiger partial charge is 0.438 e. The van der Waals surface area contributed by atoms with Gasteiger partial charge in [0.25, 0.3) is 5.56 Å². The number of hydrogen-bond donors (Lipinski definition) is 5. The Morgan fingerprint density at radius 3 is 1.45 bits per heavy atom. The fourth-order valence-corrected chi connectivity index (χ4v) is 6.13. The normalized spacial score (nSPS) is 10.3. The summed E-state index contributed by atoms with van der Waals surface area (Å²) >= 11 is 3.15. The van der Waals surface area contributed by atoms with Gasteiger partial charge < -0.3 is 19.6 Å². The van der Waals surface area contributed by atoms with E-state index in [1.807, 2.05) is 76.2 Å². The number of nitrogens with one attached hydrogen (secondary N) is 5. The zero-order valence-electron chi connectivity index (χ0n) is 44.9. The van der Waals surface area contributed by atoms with Crippen LogP contribution < -0.4 is 27.4 Å². The number of carbonyl (C=O) groups excluding carboxylic acids is 2. The molecule has 0 unspecified atom stereocenters. The molecule has 69 heavy (non-hydrogen) atoms. The van der Waals surface area contributed by atoms with Crippen molar-refractivity contribution in [2.45, 2.75) is 167 Å². The first-order valence-electron chi connectivity index (χ1n) is 23.0. The van der Waals surface area contributed by atoms with Gasteiger partial charge in [-0.2, -0.15) is 19.0 Å². The number of carbonyl (C=O) groups is 2. The lowest BCUT2D eigenvalue weighted by molar-refractivity contribution is -0.124. The molecule has 0 radical (unpaired) electrons. The minimum absolute atomic E-state index is 0.0972. The second-order valence-corrected chi connectivity index (χ2v) is 19.5. The third-order valence-corrected chi connectivity index (χ3v) is 10.8. The van der Waals surface area contributed by atoms with Crippen LogP contribution in [0.15, 0.2) is 64.2 Å². The lowest BCUT2D eigenvalue weighted by Crippen LogP contribution is -2.22. The Hall–Kier alpha value is -5.76. The molecular formula is C49H82N10O8S2. The molecule has 5 N–H and O–H groups in total. The summed E-state index contributed by atoms with van der Waals surface area (Å²) in [5.41, 5.74) is 5.09. The third-order valence-electron chi connectivity index (χ3n) is 8.87. The molecule has 6 rings (SSSR count). The maximum atomic E-state index is 11.4. The van der Waals surface area contributed by atoms with Crippen molar-refractivity contribution in [1.82, 2.24) is 49.9 Å². The van der Waals surface area contributed by atoms with E-state index in [9.17, 15) is 24.0 Å². The van der Waals surface area contributed by atoms with Crippen LogP contribution in [-0.2, 0) is 9.59 Å². The molecule has 2 amide bonds. The summed E-state index contributed by atoms with van der Waals surface area (Å²) in [4.78, 5) is 60.7. The molecule has 0 aromatic carbocycles. The average Bonchev–Trinajstić information content (AvgIpc) is 4.15. The van der Waals surface area contributed by atoms with Crippen molar-refractivity contribution < 1.29 is 23.1 Å². The Labute approximate surface area is 417 Å². The van der Waals surface area contributed by atoms with E-state index in [4.69, 9.17) is 8.94 Å². The third kappa shape index (κ3) is 29.0. The van der Waals surface area contributed by atoms with Crippen molar-refractivity contribution in [1.29, 1.82) is 0 Å². The zero-order chi connectivity index (χ0) is 53.6. The molecule has 20 heteroatoms. The number of aryl methyl sites for hydroxylation is 3. The summed E-state index contributed by atoms with van der Waals surface area (Å²) in [5.74, 6) is 4.61. The molecular weight excluding hydrogens is 921 g/mol.